The van der Waals surface area contributed by atoms with Gasteiger partial charge in [-0.1, -0.05) is 40.7 Å². The van der Waals surface area contributed by atoms with Gasteiger partial charge in [-0.15, -0.1) is 0 Å². The lowest BCUT2D eigenvalue weighted by Crippen LogP contribution is -2.33. The van der Waals surface area contributed by atoms with Crippen LogP contribution in [0.5, 0.6) is 0 Å². The van der Waals surface area contributed by atoms with E-state index in [0.29, 0.717) is 17.9 Å². The number of carbonyl (C=O) groups is 1. The van der Waals surface area contributed by atoms with Crippen LogP contribution in [-0.2, 0) is 10.2 Å². The molecule has 1 aromatic carbocycles. The zero-order chi connectivity index (χ0) is 16.0. The molecule has 21 heavy (non-hydrogen) atoms. The van der Waals surface area contributed by atoms with E-state index in [1.807, 2.05) is 18.2 Å². The number of hydrogen-bond donors (Lipinski definition) is 2. The summed E-state index contributed by atoms with van der Waals surface area (Å²) >= 11 is 0. The molecular weight excluding hydrogens is 262 g/mol. The van der Waals surface area contributed by atoms with E-state index in [0.717, 1.165) is 19.5 Å². The Kier molecular flexibility index (Phi) is 6.21. The zero-order valence-corrected chi connectivity index (χ0v) is 14.0. The maximum absolute atomic E-state index is 12.1. The summed E-state index contributed by atoms with van der Waals surface area (Å²) in [4.78, 5) is 14.2. The Labute approximate surface area is 128 Å². The van der Waals surface area contributed by atoms with Crippen LogP contribution in [0, 0.1) is 0 Å². The maximum atomic E-state index is 12.1. The summed E-state index contributed by atoms with van der Waals surface area (Å²) in [6.45, 7) is 12.8. The Hall–Kier alpha value is -1.55. The number of rotatable bonds is 6. The fraction of sp³-hybridized carbons (Fsp3) is 0.588. The van der Waals surface area contributed by atoms with E-state index < -0.39 is 0 Å². The molecule has 3 N–H and O–H groups in total. The first kappa shape index (κ1) is 17.5. The largest absolute Gasteiger partial charge is 0.397 e. The molecule has 0 bridgehead atoms. The van der Waals surface area contributed by atoms with Gasteiger partial charge in [0.2, 0.25) is 5.91 Å². The third-order valence-corrected chi connectivity index (χ3v) is 3.55. The molecule has 4 heteroatoms. The average Bonchev–Trinajstić information content (AvgIpc) is 2.39. The van der Waals surface area contributed by atoms with Gasteiger partial charge in [-0.3, -0.25) is 9.69 Å². The predicted molar refractivity (Wildman–Crippen MR) is 90.6 cm³/mol. The first-order chi connectivity index (χ1) is 9.77. The molecule has 0 heterocycles. The first-order valence-corrected chi connectivity index (χ1v) is 7.70. The van der Waals surface area contributed by atoms with E-state index in [-0.39, 0.29) is 11.3 Å². The Balaban J connectivity index is 2.73. The molecule has 0 aliphatic rings. The van der Waals surface area contributed by atoms with Gasteiger partial charge in [0.15, 0.2) is 0 Å². The van der Waals surface area contributed by atoms with Crippen LogP contribution in [0.2, 0.25) is 0 Å². The Morgan fingerprint density at radius 3 is 2.43 bits per heavy atom. The molecule has 1 rings (SSSR count). The number of benzene rings is 1. The minimum absolute atomic E-state index is 0.0134. The van der Waals surface area contributed by atoms with Gasteiger partial charge < -0.3 is 11.1 Å². The molecule has 0 aliphatic carbocycles. The van der Waals surface area contributed by atoms with Crippen molar-refractivity contribution in [3.05, 3.63) is 23.8 Å². The standard InChI is InChI=1S/C17H29N3O/c1-6-10-20(7-2)12-16(21)19-15-9-8-13(11-14(15)18)17(3,4)5/h8-9,11H,6-7,10,12,18H2,1-5H3,(H,19,21). The molecule has 1 aromatic rings. The molecule has 0 fully saturated rings. The van der Waals surface area contributed by atoms with Crippen LogP contribution in [-0.4, -0.2) is 30.4 Å². The molecule has 0 spiro atoms. The lowest BCUT2D eigenvalue weighted by Gasteiger charge is -2.21. The normalized spacial score (nSPS) is 11.7. The number of hydrogen-bond acceptors (Lipinski definition) is 3. The van der Waals surface area contributed by atoms with Gasteiger partial charge in [0.05, 0.1) is 17.9 Å². The highest BCUT2D eigenvalue weighted by molar-refractivity contribution is 5.95. The summed E-state index contributed by atoms with van der Waals surface area (Å²) in [6.07, 6.45) is 1.05. The van der Waals surface area contributed by atoms with Gasteiger partial charge in [0.1, 0.15) is 0 Å². The van der Waals surface area contributed by atoms with E-state index in [9.17, 15) is 4.79 Å². The van der Waals surface area contributed by atoms with E-state index >= 15 is 0 Å². The maximum Gasteiger partial charge on any atom is 0.238 e. The van der Waals surface area contributed by atoms with Crippen LogP contribution in [0.3, 0.4) is 0 Å². The van der Waals surface area contributed by atoms with Crippen LogP contribution >= 0.6 is 0 Å². The van der Waals surface area contributed by atoms with Crippen LogP contribution in [0.25, 0.3) is 0 Å². The van der Waals surface area contributed by atoms with Crippen molar-refractivity contribution in [2.75, 3.05) is 30.7 Å². The van der Waals surface area contributed by atoms with E-state index in [1.54, 1.807) is 0 Å². The van der Waals surface area contributed by atoms with Crippen LogP contribution < -0.4 is 11.1 Å². The lowest BCUT2D eigenvalue weighted by atomic mass is 9.86. The van der Waals surface area contributed by atoms with Gasteiger partial charge in [-0.2, -0.15) is 0 Å². The number of nitrogens with zero attached hydrogens (tertiary/aromatic N) is 1. The quantitative estimate of drug-likeness (QED) is 0.791. The van der Waals surface area contributed by atoms with Crippen molar-refractivity contribution in [1.82, 2.24) is 4.90 Å². The summed E-state index contributed by atoms with van der Waals surface area (Å²) < 4.78 is 0. The highest BCUT2D eigenvalue weighted by atomic mass is 16.2. The number of nitrogen functional groups attached to an aromatic ring is 1. The molecule has 4 nitrogen and oxygen atoms in total. The summed E-state index contributed by atoms with van der Waals surface area (Å²) in [5.74, 6) is -0.0134. The van der Waals surface area contributed by atoms with E-state index in [2.05, 4.69) is 44.8 Å². The number of nitrogens with two attached hydrogens (primary N) is 1. The number of likely N-dealkylation sites (N-methyl/N-ethyl adjacent to an activating group) is 1. The lowest BCUT2D eigenvalue weighted by molar-refractivity contribution is -0.117. The van der Waals surface area contributed by atoms with E-state index in [1.165, 1.54) is 5.56 Å². The van der Waals surface area contributed by atoms with Gasteiger partial charge in [-0.25, -0.2) is 0 Å². The fourth-order valence-corrected chi connectivity index (χ4v) is 2.20. The smallest absolute Gasteiger partial charge is 0.238 e. The number of carbonyl (C=O) groups excluding carboxylic acids is 1. The summed E-state index contributed by atoms with van der Waals surface area (Å²) in [6, 6.07) is 5.86. The average molecular weight is 291 g/mol. The number of amides is 1. The summed E-state index contributed by atoms with van der Waals surface area (Å²) in [5, 5.41) is 2.91. The van der Waals surface area contributed by atoms with Crippen molar-refractivity contribution in [3.8, 4) is 0 Å². The van der Waals surface area contributed by atoms with Crippen molar-refractivity contribution in [1.29, 1.82) is 0 Å². The third kappa shape index (κ3) is 5.38. The highest BCUT2D eigenvalue weighted by Gasteiger charge is 2.16. The molecule has 0 unspecified atom stereocenters. The Bertz CT molecular complexity index is 477. The van der Waals surface area contributed by atoms with Crippen LogP contribution in [0.1, 0.15) is 46.6 Å². The second kappa shape index (κ2) is 7.46. The van der Waals surface area contributed by atoms with Gasteiger partial charge in [0.25, 0.3) is 0 Å². The third-order valence-electron chi connectivity index (χ3n) is 3.55. The molecule has 118 valence electrons. The minimum atomic E-state index is -0.0134. The fourth-order valence-electron chi connectivity index (χ4n) is 2.20. The Morgan fingerprint density at radius 2 is 1.95 bits per heavy atom. The van der Waals surface area contributed by atoms with Crippen molar-refractivity contribution in [2.45, 2.75) is 46.5 Å². The van der Waals surface area contributed by atoms with Crippen molar-refractivity contribution < 1.29 is 4.79 Å². The molecule has 0 saturated carbocycles. The van der Waals surface area contributed by atoms with Gasteiger partial charge >= 0.3 is 0 Å². The minimum Gasteiger partial charge on any atom is -0.397 e. The number of anilines is 2. The molecule has 0 aromatic heterocycles. The zero-order valence-electron chi connectivity index (χ0n) is 14.0. The van der Waals surface area contributed by atoms with Crippen molar-refractivity contribution in [3.63, 3.8) is 0 Å². The molecule has 0 atom stereocenters. The molecule has 0 saturated heterocycles. The summed E-state index contributed by atoms with van der Waals surface area (Å²) in [7, 11) is 0. The molecule has 0 aliphatic heterocycles. The van der Waals surface area contributed by atoms with Crippen molar-refractivity contribution >= 4 is 17.3 Å². The van der Waals surface area contributed by atoms with Crippen molar-refractivity contribution in [2.24, 2.45) is 0 Å². The van der Waals surface area contributed by atoms with E-state index in [4.69, 9.17) is 5.73 Å². The second-order valence-electron chi connectivity index (χ2n) is 6.47. The SMILES string of the molecule is CCCN(CC)CC(=O)Nc1ccc(C(C)(C)C)cc1N. The molecule has 1 amide bonds. The van der Waals surface area contributed by atoms with Gasteiger partial charge in [0, 0.05) is 0 Å². The monoisotopic (exact) mass is 291 g/mol. The topological polar surface area (TPSA) is 58.4 Å². The highest BCUT2D eigenvalue weighted by Crippen LogP contribution is 2.28. The Morgan fingerprint density at radius 1 is 1.29 bits per heavy atom. The first-order valence-electron chi connectivity index (χ1n) is 7.70. The summed E-state index contributed by atoms with van der Waals surface area (Å²) in [5.41, 5.74) is 8.59. The molecular formula is C17H29N3O. The number of nitrogens with one attached hydrogen (secondary N) is 1. The second-order valence-corrected chi connectivity index (χ2v) is 6.47. The van der Waals surface area contributed by atoms with Crippen LogP contribution in [0.4, 0.5) is 11.4 Å². The van der Waals surface area contributed by atoms with Crippen LogP contribution in [0.15, 0.2) is 18.2 Å². The predicted octanol–water partition coefficient (Wildman–Crippen LogP) is 3.24. The van der Waals surface area contributed by atoms with Gasteiger partial charge in [-0.05, 0) is 42.6 Å². The molecule has 0 radical (unpaired) electrons.